The monoisotopic (exact) mass is 133 g/mol. The molecule has 0 amide bonds. The van der Waals surface area contributed by atoms with Crippen LogP contribution >= 0.6 is 0 Å². The molecule has 0 heterocycles. The summed E-state index contributed by atoms with van der Waals surface area (Å²) in [5, 5.41) is 1.87. The molecule has 0 saturated heterocycles. The fourth-order valence-electron chi connectivity index (χ4n) is 0.162. The van der Waals surface area contributed by atoms with E-state index >= 15 is 0 Å². The number of sulfone groups is 1. The van der Waals surface area contributed by atoms with Crippen molar-refractivity contribution in [3.05, 3.63) is 0 Å². The van der Waals surface area contributed by atoms with Gasteiger partial charge in [0.1, 0.15) is 0 Å². The van der Waals surface area contributed by atoms with E-state index in [0.29, 0.717) is 0 Å². The van der Waals surface area contributed by atoms with Gasteiger partial charge in [-0.15, -0.1) is 0 Å². The summed E-state index contributed by atoms with van der Waals surface area (Å²) < 4.78 is 20.7. The fraction of sp³-hybridized carbons (Fsp3) is 0.500. The molecule has 2 N–H and O–H groups in total. The first-order valence-corrected chi connectivity index (χ1v) is 3.72. The Balaban J connectivity index is 4.34. The molecule has 0 aliphatic heterocycles. The maximum absolute atomic E-state index is 10.3. The molecule has 0 atom stereocenters. The molecule has 0 aliphatic rings. The molecule has 0 saturated carbocycles. The van der Waals surface area contributed by atoms with Crippen LogP contribution in [0.1, 0.15) is 6.92 Å². The van der Waals surface area contributed by atoms with Crippen LogP contribution in [0.2, 0.25) is 0 Å². The van der Waals surface area contributed by atoms with Gasteiger partial charge in [-0.25, -0.2) is 8.42 Å². The third-order valence-corrected chi connectivity index (χ3v) is 1.78. The molecule has 0 unspecified atom stereocenters. The number of nitrogens with two attached hydrogens (primary N) is 1. The van der Waals surface area contributed by atoms with E-state index in [1.54, 1.807) is 0 Å². The molecule has 4 heteroatoms. The Kier molecular flexibility index (Phi) is 2.35. The summed E-state index contributed by atoms with van der Waals surface area (Å²) in [7, 11) is -3.16. The predicted molar refractivity (Wildman–Crippen MR) is 31.4 cm³/mol. The van der Waals surface area contributed by atoms with E-state index in [-0.39, 0.29) is 5.75 Å². The minimum absolute atomic E-state index is 0.0250. The highest BCUT2D eigenvalue weighted by atomic mass is 32.2. The molecule has 8 heavy (non-hydrogen) atoms. The minimum atomic E-state index is -3.16. The summed E-state index contributed by atoms with van der Waals surface area (Å²) in [6.45, 7) is 1.51. The van der Waals surface area contributed by atoms with Gasteiger partial charge in [0.25, 0.3) is 0 Å². The molecule has 0 aromatic rings. The van der Waals surface area contributed by atoms with Gasteiger partial charge in [0.15, 0.2) is 0 Å². The number of hydrogen-bond acceptors (Lipinski definition) is 3. The molecular weight excluding hydrogens is 126 g/mol. The zero-order chi connectivity index (χ0) is 6.62. The second-order valence-electron chi connectivity index (χ2n) is 1.15. The van der Waals surface area contributed by atoms with Crippen LogP contribution in [0, 0.1) is 11.3 Å². The van der Waals surface area contributed by atoms with Gasteiger partial charge in [-0.3, -0.25) is 0 Å². The SMILES string of the molecule is CCS(=O)(=O)C#CN. The lowest BCUT2D eigenvalue weighted by Gasteiger charge is -1.81. The number of rotatable bonds is 1. The van der Waals surface area contributed by atoms with Crippen LogP contribution in [-0.4, -0.2) is 14.2 Å². The molecule has 0 bridgehead atoms. The highest BCUT2D eigenvalue weighted by molar-refractivity contribution is 7.96. The number of hydrogen-bond donors (Lipinski definition) is 1. The summed E-state index contributed by atoms with van der Waals surface area (Å²) in [4.78, 5) is 0. The van der Waals surface area contributed by atoms with Crippen LogP contribution in [0.5, 0.6) is 0 Å². The van der Waals surface area contributed by atoms with Crippen LogP contribution in [0.25, 0.3) is 0 Å². The first kappa shape index (κ1) is 7.31. The fourth-order valence-corrected chi connectivity index (χ4v) is 0.486. The average molecular weight is 133 g/mol. The van der Waals surface area contributed by atoms with Crippen molar-refractivity contribution in [3.8, 4) is 11.3 Å². The van der Waals surface area contributed by atoms with Crippen molar-refractivity contribution in [2.45, 2.75) is 6.92 Å². The lowest BCUT2D eigenvalue weighted by molar-refractivity contribution is 0.607. The van der Waals surface area contributed by atoms with Crippen molar-refractivity contribution >= 4 is 9.84 Å². The average Bonchev–Trinajstić information content (AvgIpc) is 1.67. The quantitative estimate of drug-likeness (QED) is 0.380. The highest BCUT2D eigenvalue weighted by Crippen LogP contribution is 1.81. The standard InChI is InChI=1S/C4H7NO2S/c1-2-8(6,7)4-3-5/h2,5H2,1H3. The molecular formula is C4H7NO2S. The van der Waals surface area contributed by atoms with Crippen molar-refractivity contribution in [1.29, 1.82) is 0 Å². The zero-order valence-electron chi connectivity index (χ0n) is 4.51. The van der Waals surface area contributed by atoms with Crippen molar-refractivity contribution in [1.82, 2.24) is 0 Å². The smallest absolute Gasteiger partial charge is 0.218 e. The van der Waals surface area contributed by atoms with Gasteiger partial charge >= 0.3 is 0 Å². The Morgan fingerprint density at radius 3 is 2.25 bits per heavy atom. The van der Waals surface area contributed by atoms with E-state index in [4.69, 9.17) is 0 Å². The molecule has 46 valence electrons. The van der Waals surface area contributed by atoms with Crippen LogP contribution in [0.3, 0.4) is 0 Å². The lowest BCUT2D eigenvalue weighted by atomic mass is 11.0. The van der Waals surface area contributed by atoms with Gasteiger partial charge in [-0.2, -0.15) is 0 Å². The topological polar surface area (TPSA) is 60.2 Å². The van der Waals surface area contributed by atoms with Crippen molar-refractivity contribution < 1.29 is 8.42 Å². The van der Waals surface area contributed by atoms with Crippen molar-refractivity contribution in [2.75, 3.05) is 5.75 Å². The second-order valence-corrected chi connectivity index (χ2v) is 3.16. The Morgan fingerprint density at radius 1 is 1.62 bits per heavy atom. The van der Waals surface area contributed by atoms with Crippen LogP contribution in [0.4, 0.5) is 0 Å². The Morgan fingerprint density at radius 2 is 2.12 bits per heavy atom. The van der Waals surface area contributed by atoms with Crippen LogP contribution < -0.4 is 5.73 Å². The third-order valence-electron chi connectivity index (χ3n) is 0.594. The maximum atomic E-state index is 10.3. The van der Waals surface area contributed by atoms with Gasteiger partial charge < -0.3 is 5.73 Å². The van der Waals surface area contributed by atoms with E-state index in [1.807, 2.05) is 11.3 Å². The van der Waals surface area contributed by atoms with Crippen molar-refractivity contribution in [2.24, 2.45) is 5.73 Å². The molecule has 0 aromatic heterocycles. The molecule has 0 aromatic carbocycles. The normalized spacial score (nSPS) is 9.62. The summed E-state index contributed by atoms with van der Waals surface area (Å²) in [5.41, 5.74) is 4.65. The lowest BCUT2D eigenvalue weighted by Crippen LogP contribution is -1.98. The first-order valence-electron chi connectivity index (χ1n) is 2.07. The minimum Gasteiger partial charge on any atom is -0.358 e. The van der Waals surface area contributed by atoms with Crippen LogP contribution in [0.15, 0.2) is 0 Å². The zero-order valence-corrected chi connectivity index (χ0v) is 5.33. The summed E-state index contributed by atoms with van der Waals surface area (Å²) >= 11 is 0. The van der Waals surface area contributed by atoms with E-state index < -0.39 is 9.84 Å². The highest BCUT2D eigenvalue weighted by Gasteiger charge is 1.97. The molecule has 0 aliphatic carbocycles. The summed E-state index contributed by atoms with van der Waals surface area (Å²) in [6.07, 6.45) is 0. The predicted octanol–water partition coefficient (Wildman–Crippen LogP) is -0.702. The largest absolute Gasteiger partial charge is 0.358 e. The van der Waals surface area contributed by atoms with E-state index in [9.17, 15) is 8.42 Å². The Labute approximate surface area is 48.8 Å². The van der Waals surface area contributed by atoms with Crippen LogP contribution in [-0.2, 0) is 9.84 Å². The van der Waals surface area contributed by atoms with Gasteiger partial charge in [-0.1, -0.05) is 6.92 Å². The summed E-state index contributed by atoms with van der Waals surface area (Å²) in [6, 6.07) is 1.82. The van der Waals surface area contributed by atoms with Gasteiger partial charge in [0.2, 0.25) is 9.84 Å². The Bertz CT molecular complexity index is 206. The van der Waals surface area contributed by atoms with Gasteiger partial charge in [-0.05, 0) is 0 Å². The van der Waals surface area contributed by atoms with E-state index in [1.165, 1.54) is 6.92 Å². The summed E-state index contributed by atoms with van der Waals surface area (Å²) in [5.74, 6) is 0.0250. The Hall–Kier alpha value is -0.690. The van der Waals surface area contributed by atoms with Gasteiger partial charge in [0.05, 0.1) is 11.0 Å². The van der Waals surface area contributed by atoms with Crippen molar-refractivity contribution in [3.63, 3.8) is 0 Å². The molecule has 0 radical (unpaired) electrons. The molecule has 0 fully saturated rings. The molecule has 0 rings (SSSR count). The first-order chi connectivity index (χ1) is 3.62. The molecule has 3 nitrogen and oxygen atoms in total. The van der Waals surface area contributed by atoms with E-state index in [0.717, 1.165) is 0 Å². The molecule has 0 spiro atoms. The maximum Gasteiger partial charge on any atom is 0.218 e. The third kappa shape index (κ3) is 2.48. The second kappa shape index (κ2) is 2.58. The van der Waals surface area contributed by atoms with E-state index in [2.05, 4.69) is 5.73 Å². The van der Waals surface area contributed by atoms with Gasteiger partial charge in [0, 0.05) is 6.04 Å².